The summed E-state index contributed by atoms with van der Waals surface area (Å²) in [6.07, 6.45) is 3.85. The lowest BCUT2D eigenvalue weighted by Gasteiger charge is -2.30. The number of aryl methyl sites for hydroxylation is 2. The fourth-order valence-electron chi connectivity index (χ4n) is 5.18. The highest BCUT2D eigenvalue weighted by Crippen LogP contribution is 2.29. The number of benzene rings is 2. The van der Waals surface area contributed by atoms with Gasteiger partial charge in [-0.3, -0.25) is 9.69 Å². The van der Waals surface area contributed by atoms with Crippen LogP contribution in [0.5, 0.6) is 0 Å². The zero-order valence-corrected chi connectivity index (χ0v) is 22.2. The normalized spacial score (nSPS) is 14.3. The lowest BCUT2D eigenvalue weighted by Crippen LogP contribution is -2.45. The summed E-state index contributed by atoms with van der Waals surface area (Å²) in [6, 6.07) is 19.1. The third-order valence-corrected chi connectivity index (χ3v) is 7.21. The molecule has 1 radical (unpaired) electrons. The first kappa shape index (κ1) is 26.1. The molecule has 0 bridgehead atoms. The number of pyridine rings is 1. The van der Waals surface area contributed by atoms with Crippen molar-refractivity contribution in [2.75, 3.05) is 45.1 Å². The molecule has 5 rings (SSSR count). The van der Waals surface area contributed by atoms with E-state index in [1.54, 1.807) is 0 Å². The Bertz CT molecular complexity index is 1360. The van der Waals surface area contributed by atoms with E-state index in [4.69, 9.17) is 15.5 Å². The molecule has 0 aliphatic carbocycles. The van der Waals surface area contributed by atoms with E-state index < -0.39 is 0 Å². The molecule has 2 N–H and O–H groups in total. The van der Waals surface area contributed by atoms with Crippen molar-refractivity contribution in [1.82, 2.24) is 24.3 Å². The molecule has 0 spiro atoms. The average molecular weight is 514 g/mol. The summed E-state index contributed by atoms with van der Waals surface area (Å²) in [5.74, 6) is 1.66. The van der Waals surface area contributed by atoms with Gasteiger partial charge in [0.2, 0.25) is 5.91 Å². The van der Waals surface area contributed by atoms with Crippen LogP contribution in [0.25, 0.3) is 21.9 Å². The molecule has 8 heteroatoms. The van der Waals surface area contributed by atoms with E-state index in [0.717, 1.165) is 78.6 Å². The molecule has 1 aliphatic rings. The molecular formula is C30H37N6O2. The predicted octanol–water partition coefficient (Wildman–Crippen LogP) is 4.06. The van der Waals surface area contributed by atoms with Crippen molar-refractivity contribution in [2.24, 2.45) is 0 Å². The maximum Gasteiger partial charge on any atom is 0.237 e. The lowest BCUT2D eigenvalue weighted by atomic mass is 10.1. The Hall–Kier alpha value is -3.49. The Kier molecular flexibility index (Phi) is 8.51. The second-order valence-electron chi connectivity index (χ2n) is 9.96. The molecular weight excluding hydrogens is 476 g/mol. The molecule has 1 aliphatic heterocycles. The second kappa shape index (κ2) is 12.4. The van der Waals surface area contributed by atoms with Gasteiger partial charge in [0.1, 0.15) is 11.3 Å². The zero-order valence-electron chi connectivity index (χ0n) is 22.2. The summed E-state index contributed by atoms with van der Waals surface area (Å²) in [7, 11) is 0. The number of ether oxygens (including phenoxy) is 1. The van der Waals surface area contributed by atoms with Crippen LogP contribution in [0.3, 0.4) is 0 Å². The van der Waals surface area contributed by atoms with Crippen molar-refractivity contribution in [1.29, 1.82) is 0 Å². The number of hydrogen-bond donors (Lipinski definition) is 1. The number of morpholine rings is 1. The van der Waals surface area contributed by atoms with E-state index in [0.29, 0.717) is 38.7 Å². The lowest BCUT2D eigenvalue weighted by molar-refractivity contribution is -0.134. The molecule has 0 saturated carbocycles. The molecule has 4 aromatic rings. The minimum absolute atomic E-state index is 0.149. The topological polar surface area (TPSA) is 89.5 Å². The van der Waals surface area contributed by atoms with E-state index >= 15 is 0 Å². The highest BCUT2D eigenvalue weighted by Gasteiger charge is 2.21. The molecule has 199 valence electrons. The van der Waals surface area contributed by atoms with Gasteiger partial charge in [-0.25, -0.2) is 9.97 Å². The number of carbonyl (C=O) groups is 1. The number of nitrogen functional groups attached to an aromatic ring is 1. The van der Waals surface area contributed by atoms with Gasteiger partial charge in [-0.15, -0.1) is 0 Å². The van der Waals surface area contributed by atoms with Crippen LogP contribution in [0.15, 0.2) is 48.5 Å². The average Bonchev–Trinajstić information content (AvgIpc) is 3.31. The summed E-state index contributed by atoms with van der Waals surface area (Å²) in [5, 5.41) is 1.06. The summed E-state index contributed by atoms with van der Waals surface area (Å²) >= 11 is 0. The Morgan fingerprint density at radius 3 is 2.76 bits per heavy atom. The van der Waals surface area contributed by atoms with Crippen LogP contribution < -0.4 is 5.73 Å². The van der Waals surface area contributed by atoms with Crippen molar-refractivity contribution in [3.8, 4) is 0 Å². The Labute approximate surface area is 224 Å². The van der Waals surface area contributed by atoms with Gasteiger partial charge >= 0.3 is 0 Å². The Balaban J connectivity index is 1.39. The highest BCUT2D eigenvalue weighted by atomic mass is 16.5. The first-order chi connectivity index (χ1) is 18.6. The maximum atomic E-state index is 13.4. The number of imidazole rings is 1. The van der Waals surface area contributed by atoms with E-state index in [-0.39, 0.29) is 5.91 Å². The molecule has 3 heterocycles. The van der Waals surface area contributed by atoms with Crippen molar-refractivity contribution in [2.45, 2.75) is 45.7 Å². The minimum Gasteiger partial charge on any atom is -0.382 e. The predicted molar refractivity (Wildman–Crippen MR) is 151 cm³/mol. The van der Waals surface area contributed by atoms with Crippen LogP contribution in [-0.2, 0) is 29.0 Å². The van der Waals surface area contributed by atoms with Gasteiger partial charge in [-0.05, 0) is 36.6 Å². The molecule has 0 unspecified atom stereocenters. The number of rotatable bonds is 11. The summed E-state index contributed by atoms with van der Waals surface area (Å²) in [6.45, 7) is 7.55. The van der Waals surface area contributed by atoms with Crippen LogP contribution in [-0.4, -0.2) is 69.6 Å². The number of carbonyl (C=O) groups excluding carboxylic acids is 1. The fourth-order valence-corrected chi connectivity index (χ4v) is 5.18. The first-order valence-corrected chi connectivity index (χ1v) is 13.7. The van der Waals surface area contributed by atoms with Crippen LogP contribution in [0, 0.1) is 6.07 Å². The third-order valence-electron chi connectivity index (χ3n) is 7.21. The minimum atomic E-state index is 0.149. The molecule has 1 amide bonds. The molecule has 2 aromatic heterocycles. The number of unbranched alkanes of at least 4 members (excludes halogenated alkanes) is 1. The van der Waals surface area contributed by atoms with Gasteiger partial charge in [0.25, 0.3) is 0 Å². The number of nitrogens with two attached hydrogens (primary N) is 1. The van der Waals surface area contributed by atoms with Gasteiger partial charge in [-0.1, -0.05) is 49.7 Å². The quantitative estimate of drug-likeness (QED) is 0.325. The molecule has 2 aromatic carbocycles. The number of aromatic nitrogens is 3. The summed E-state index contributed by atoms with van der Waals surface area (Å²) in [5.41, 5.74) is 10.2. The van der Waals surface area contributed by atoms with Crippen LogP contribution in [0.4, 0.5) is 5.82 Å². The van der Waals surface area contributed by atoms with Crippen molar-refractivity contribution in [3.63, 3.8) is 0 Å². The van der Waals surface area contributed by atoms with Gasteiger partial charge < -0.3 is 19.9 Å². The Morgan fingerprint density at radius 1 is 1.13 bits per heavy atom. The molecule has 1 fully saturated rings. The van der Waals surface area contributed by atoms with Gasteiger partial charge in [-0.2, -0.15) is 0 Å². The van der Waals surface area contributed by atoms with Crippen molar-refractivity contribution in [3.05, 3.63) is 66.0 Å². The van der Waals surface area contributed by atoms with Crippen LogP contribution >= 0.6 is 0 Å². The number of fused-ring (bicyclic) bond motifs is 3. The summed E-state index contributed by atoms with van der Waals surface area (Å²) < 4.78 is 7.78. The van der Waals surface area contributed by atoms with Crippen LogP contribution in [0.1, 0.15) is 37.6 Å². The monoisotopic (exact) mass is 513 g/mol. The Morgan fingerprint density at radius 2 is 1.97 bits per heavy atom. The van der Waals surface area contributed by atoms with E-state index in [9.17, 15) is 4.79 Å². The molecule has 8 nitrogen and oxygen atoms in total. The number of amides is 1. The zero-order chi connectivity index (χ0) is 26.3. The van der Waals surface area contributed by atoms with Crippen LogP contribution in [0.2, 0.25) is 0 Å². The third kappa shape index (κ3) is 5.97. The maximum absolute atomic E-state index is 13.4. The molecule has 38 heavy (non-hydrogen) atoms. The second-order valence-corrected chi connectivity index (χ2v) is 9.96. The van der Waals surface area contributed by atoms with Gasteiger partial charge in [0.15, 0.2) is 5.82 Å². The van der Waals surface area contributed by atoms with E-state index in [2.05, 4.69) is 39.6 Å². The largest absolute Gasteiger partial charge is 0.382 e. The standard InChI is InChI=1S/C30H37N6O2/c1-2-3-14-26-33-28-29(24-12-7-8-13-25(24)32-30(28)31)36(26)16-9-15-35(21-23-10-5-4-6-11-23)27(37)22-34-17-19-38-20-18-34/h4-5,7-8,10-13H,2-3,9,14-22H2,1H3,(H2,31,32). The number of anilines is 1. The van der Waals surface area contributed by atoms with E-state index in [1.807, 2.05) is 41.3 Å². The first-order valence-electron chi connectivity index (χ1n) is 13.7. The number of nitrogens with zero attached hydrogens (tertiary/aromatic N) is 5. The fraction of sp³-hybridized carbons (Fsp3) is 0.433. The van der Waals surface area contributed by atoms with Crippen molar-refractivity contribution >= 4 is 33.7 Å². The van der Waals surface area contributed by atoms with Crippen molar-refractivity contribution < 1.29 is 9.53 Å². The van der Waals surface area contributed by atoms with E-state index in [1.165, 1.54) is 0 Å². The highest BCUT2D eigenvalue weighted by molar-refractivity contribution is 6.06. The SMILES string of the molecule is CCCCc1nc2c(N)nc3ccccc3c2n1CCCN(Cc1c[c]ccc1)C(=O)CN1CCOCC1. The smallest absolute Gasteiger partial charge is 0.237 e. The van der Waals surface area contributed by atoms with Gasteiger partial charge in [0.05, 0.1) is 30.8 Å². The van der Waals surface area contributed by atoms with Gasteiger partial charge in [0, 0.05) is 44.5 Å². The summed E-state index contributed by atoms with van der Waals surface area (Å²) in [4.78, 5) is 27.2. The molecule has 1 saturated heterocycles. The number of para-hydroxylation sites is 1. The molecule has 0 atom stereocenters. The number of hydrogen-bond acceptors (Lipinski definition) is 6.